The van der Waals surface area contributed by atoms with Gasteiger partial charge in [-0.1, -0.05) is 26.8 Å². The molecule has 174 valence electrons. The van der Waals surface area contributed by atoms with Gasteiger partial charge in [-0.2, -0.15) is 22.0 Å². The first kappa shape index (κ1) is 25.0. The maximum absolute atomic E-state index is 12.9. The van der Waals surface area contributed by atoms with Crippen LogP contribution < -0.4 is 15.4 Å². The summed E-state index contributed by atoms with van der Waals surface area (Å²) in [7, 11) is 0. The van der Waals surface area contributed by atoms with Crippen molar-refractivity contribution in [3.8, 4) is 5.88 Å². The number of carbonyl (C=O) groups excluding carboxylic acids is 2. The molecule has 0 unspecified atom stereocenters. The second kappa shape index (κ2) is 9.45. The number of nitrogens with one attached hydrogen (secondary N) is 2. The molecule has 0 saturated carbocycles. The summed E-state index contributed by atoms with van der Waals surface area (Å²) in [6.45, 7) is 3.29. The fourth-order valence-electron chi connectivity index (χ4n) is 2.08. The Balaban J connectivity index is 1.92. The highest BCUT2D eigenvalue weighted by atomic mass is 19.4. The molecule has 0 fully saturated rings. The third-order valence-electron chi connectivity index (χ3n) is 4.01. The zero-order chi connectivity index (χ0) is 24.2. The van der Waals surface area contributed by atoms with Crippen LogP contribution in [0, 0.1) is 5.41 Å². The minimum absolute atomic E-state index is 0.00314. The Hall–Kier alpha value is -3.31. The Labute approximate surface area is 180 Å². The van der Waals surface area contributed by atoms with Gasteiger partial charge in [0.15, 0.2) is 6.61 Å². The molecule has 2 amide bonds. The maximum Gasteiger partial charge on any atom is 0.456 e. The summed E-state index contributed by atoms with van der Waals surface area (Å²) in [5.74, 6) is -5.97. The van der Waals surface area contributed by atoms with Gasteiger partial charge in [0.2, 0.25) is 11.8 Å². The van der Waals surface area contributed by atoms with Crippen molar-refractivity contribution in [3.63, 3.8) is 0 Å². The van der Waals surface area contributed by atoms with Crippen molar-refractivity contribution < 1.29 is 36.3 Å². The fourth-order valence-corrected chi connectivity index (χ4v) is 2.08. The molecule has 7 nitrogen and oxygen atoms in total. The van der Waals surface area contributed by atoms with E-state index in [9.17, 15) is 31.5 Å². The number of alkyl halides is 5. The Morgan fingerprint density at radius 3 is 2.28 bits per heavy atom. The number of anilines is 1. The monoisotopic (exact) mass is 460 g/mol. The van der Waals surface area contributed by atoms with Crippen LogP contribution in [-0.2, 0) is 11.3 Å². The summed E-state index contributed by atoms with van der Waals surface area (Å²) in [6, 6.07) is 5.31. The van der Waals surface area contributed by atoms with E-state index in [2.05, 4.69) is 25.3 Å². The van der Waals surface area contributed by atoms with Crippen molar-refractivity contribution >= 4 is 17.6 Å². The van der Waals surface area contributed by atoms with Gasteiger partial charge in [-0.25, -0.2) is 9.97 Å². The summed E-state index contributed by atoms with van der Waals surface area (Å²) in [6.07, 6.45) is -3.19. The molecule has 0 atom stereocenters. The quantitative estimate of drug-likeness (QED) is 0.610. The van der Waals surface area contributed by atoms with Crippen molar-refractivity contribution in [1.29, 1.82) is 0 Å². The molecule has 2 heterocycles. The van der Waals surface area contributed by atoms with Gasteiger partial charge in [0.05, 0.1) is 0 Å². The zero-order valence-electron chi connectivity index (χ0n) is 17.4. The molecule has 2 rings (SSSR count). The molecular weight excluding hydrogens is 439 g/mol. The number of halogens is 5. The topological polar surface area (TPSA) is 93.2 Å². The Morgan fingerprint density at radius 2 is 1.72 bits per heavy atom. The number of amides is 2. The minimum atomic E-state index is -5.72. The third-order valence-corrected chi connectivity index (χ3v) is 4.01. The molecule has 0 saturated heterocycles. The van der Waals surface area contributed by atoms with E-state index in [4.69, 9.17) is 0 Å². The molecule has 0 radical (unpaired) electrons. The van der Waals surface area contributed by atoms with Crippen LogP contribution in [0.4, 0.5) is 27.8 Å². The van der Waals surface area contributed by atoms with Crippen LogP contribution in [0.5, 0.6) is 5.88 Å². The number of rotatable bonds is 7. The molecule has 2 aromatic rings. The van der Waals surface area contributed by atoms with E-state index in [1.807, 2.05) is 0 Å². The number of aromatic nitrogens is 2. The summed E-state index contributed by atoms with van der Waals surface area (Å²) < 4.78 is 66.6. The van der Waals surface area contributed by atoms with Gasteiger partial charge in [-0.3, -0.25) is 9.59 Å². The fraction of sp³-hybridized carbons (Fsp3) is 0.400. The standard InChI is InChI=1S/C20H21F5N4O3/c1-18(2,3)17(31)29-14-8-13(6-7-26-14)16(30)28-10-12-4-5-15(27-9-12)32-11-19(21,22)20(23,24)25/h4-9H,10-11H2,1-3H3,(H,28,30)(H,26,29,31). The molecule has 0 bridgehead atoms. The Morgan fingerprint density at radius 1 is 1.03 bits per heavy atom. The normalized spacial score (nSPS) is 12.2. The number of hydrogen-bond donors (Lipinski definition) is 2. The van der Waals surface area contributed by atoms with Gasteiger partial charge in [-0.05, 0) is 17.7 Å². The van der Waals surface area contributed by atoms with Crippen LogP contribution in [0.15, 0.2) is 36.7 Å². The Kier molecular flexibility index (Phi) is 7.37. The average molecular weight is 460 g/mol. The largest absolute Gasteiger partial charge is 0.471 e. The summed E-state index contributed by atoms with van der Waals surface area (Å²) in [4.78, 5) is 32.0. The zero-order valence-corrected chi connectivity index (χ0v) is 17.4. The van der Waals surface area contributed by atoms with Gasteiger partial charge < -0.3 is 15.4 Å². The van der Waals surface area contributed by atoms with Crippen LogP contribution >= 0.6 is 0 Å². The molecule has 32 heavy (non-hydrogen) atoms. The van der Waals surface area contributed by atoms with Gasteiger partial charge in [0, 0.05) is 36.0 Å². The highest BCUT2D eigenvalue weighted by Gasteiger charge is 2.58. The van der Waals surface area contributed by atoms with Gasteiger partial charge in [0.25, 0.3) is 5.91 Å². The highest BCUT2D eigenvalue weighted by Crippen LogP contribution is 2.35. The lowest BCUT2D eigenvalue weighted by molar-refractivity contribution is -0.290. The van der Waals surface area contributed by atoms with Crippen molar-refractivity contribution in [3.05, 3.63) is 47.8 Å². The van der Waals surface area contributed by atoms with Crippen LogP contribution in [0.2, 0.25) is 0 Å². The summed E-state index contributed by atoms with van der Waals surface area (Å²) in [5.41, 5.74) is 0.0287. The average Bonchev–Trinajstić information content (AvgIpc) is 2.70. The van der Waals surface area contributed by atoms with Crippen molar-refractivity contribution in [2.45, 2.75) is 39.4 Å². The molecule has 0 spiro atoms. The molecule has 0 aliphatic heterocycles. The lowest BCUT2D eigenvalue weighted by Gasteiger charge is -2.19. The second-order valence-electron chi connectivity index (χ2n) is 7.81. The number of ether oxygens (including phenoxy) is 1. The van der Waals surface area contributed by atoms with Crippen molar-refractivity contribution in [2.75, 3.05) is 11.9 Å². The summed E-state index contributed by atoms with van der Waals surface area (Å²) >= 11 is 0. The molecular formula is C20H21F5N4O3. The molecule has 0 aromatic carbocycles. The number of nitrogens with zero attached hydrogens (tertiary/aromatic N) is 2. The van der Waals surface area contributed by atoms with E-state index in [-0.39, 0.29) is 23.8 Å². The first-order valence-electron chi connectivity index (χ1n) is 9.27. The van der Waals surface area contributed by atoms with E-state index in [1.54, 1.807) is 20.8 Å². The molecule has 0 aliphatic rings. The molecule has 0 aliphatic carbocycles. The maximum atomic E-state index is 12.9. The van der Waals surface area contributed by atoms with E-state index in [0.717, 1.165) is 6.07 Å². The van der Waals surface area contributed by atoms with Crippen LogP contribution in [0.1, 0.15) is 36.7 Å². The third kappa shape index (κ3) is 6.86. The Bertz CT molecular complexity index is 957. The smallest absolute Gasteiger partial charge is 0.456 e. The van der Waals surface area contributed by atoms with Crippen LogP contribution in [0.25, 0.3) is 0 Å². The molecule has 12 heteroatoms. The molecule has 2 aromatic heterocycles. The SMILES string of the molecule is CC(C)(C)C(=O)Nc1cc(C(=O)NCc2ccc(OCC(F)(F)C(F)(F)F)nc2)ccn1. The van der Waals surface area contributed by atoms with E-state index in [1.165, 1.54) is 30.6 Å². The second-order valence-corrected chi connectivity index (χ2v) is 7.81. The van der Waals surface area contributed by atoms with Crippen molar-refractivity contribution in [1.82, 2.24) is 15.3 Å². The van der Waals surface area contributed by atoms with Gasteiger partial charge in [0.1, 0.15) is 5.82 Å². The first-order valence-corrected chi connectivity index (χ1v) is 9.27. The van der Waals surface area contributed by atoms with Crippen LogP contribution in [-0.4, -0.2) is 40.5 Å². The van der Waals surface area contributed by atoms with E-state index < -0.39 is 35.9 Å². The lowest BCUT2D eigenvalue weighted by atomic mass is 9.96. The number of pyridine rings is 2. The summed E-state index contributed by atoms with van der Waals surface area (Å²) in [5, 5.41) is 5.20. The lowest BCUT2D eigenvalue weighted by Crippen LogP contribution is -2.41. The predicted octanol–water partition coefficient (Wildman–Crippen LogP) is 3.97. The minimum Gasteiger partial charge on any atom is -0.471 e. The molecule has 2 N–H and O–H groups in total. The van der Waals surface area contributed by atoms with E-state index >= 15 is 0 Å². The predicted molar refractivity (Wildman–Crippen MR) is 104 cm³/mol. The van der Waals surface area contributed by atoms with Crippen LogP contribution in [0.3, 0.4) is 0 Å². The number of hydrogen-bond acceptors (Lipinski definition) is 5. The van der Waals surface area contributed by atoms with Crippen molar-refractivity contribution in [2.24, 2.45) is 5.41 Å². The number of carbonyl (C=O) groups is 2. The van der Waals surface area contributed by atoms with Gasteiger partial charge >= 0.3 is 12.1 Å². The van der Waals surface area contributed by atoms with Gasteiger partial charge in [-0.15, -0.1) is 0 Å². The highest BCUT2D eigenvalue weighted by molar-refractivity contribution is 5.97. The first-order chi connectivity index (χ1) is 14.7. The van der Waals surface area contributed by atoms with E-state index in [0.29, 0.717) is 5.56 Å².